The highest BCUT2D eigenvalue weighted by Crippen LogP contribution is 2.15. The lowest BCUT2D eigenvalue weighted by Crippen LogP contribution is -2.13. The third kappa shape index (κ3) is 3.08. The van der Waals surface area contributed by atoms with Crippen molar-refractivity contribution in [3.8, 4) is 0 Å². The Morgan fingerprint density at radius 3 is 2.75 bits per heavy atom. The Balaban J connectivity index is 2.82. The molecular weight excluding hydrogens is 206 g/mol. The van der Waals surface area contributed by atoms with Crippen molar-refractivity contribution >= 4 is 18.1 Å². The van der Waals surface area contributed by atoms with Crippen LogP contribution < -0.4 is 5.32 Å². The van der Waals surface area contributed by atoms with Gasteiger partial charge in [-0.15, -0.1) is 0 Å². The first kappa shape index (κ1) is 12.2. The second-order valence-electron chi connectivity index (χ2n) is 3.23. The Morgan fingerprint density at radius 2 is 2.19 bits per heavy atom. The Kier molecular flexibility index (Phi) is 4.51. The van der Waals surface area contributed by atoms with Gasteiger partial charge in [-0.2, -0.15) is 0 Å². The van der Waals surface area contributed by atoms with Crippen LogP contribution in [0.5, 0.6) is 0 Å². The van der Waals surface area contributed by atoms with E-state index >= 15 is 0 Å². The summed E-state index contributed by atoms with van der Waals surface area (Å²) in [6, 6.07) is 5.22. The smallest absolute Gasteiger partial charge is 0.411 e. The molecule has 0 atom stereocenters. The highest BCUT2D eigenvalue weighted by Gasteiger charge is 2.05. The van der Waals surface area contributed by atoms with Crippen LogP contribution in [0.3, 0.4) is 0 Å². The van der Waals surface area contributed by atoms with Gasteiger partial charge in [0.25, 0.3) is 0 Å². The number of rotatable bonds is 4. The molecule has 0 unspecified atom stereocenters. The first-order valence-electron chi connectivity index (χ1n) is 5.23. The summed E-state index contributed by atoms with van der Waals surface area (Å²) >= 11 is 0. The molecule has 0 radical (unpaired) electrons. The van der Waals surface area contributed by atoms with Crippen LogP contribution in [0.2, 0.25) is 0 Å². The number of benzene rings is 1. The molecule has 0 saturated carbocycles. The maximum absolute atomic E-state index is 11.1. The zero-order valence-corrected chi connectivity index (χ0v) is 9.45. The molecule has 0 aromatic heterocycles. The van der Waals surface area contributed by atoms with Crippen LogP contribution in [-0.2, 0) is 11.2 Å². The van der Waals surface area contributed by atoms with Crippen molar-refractivity contribution in [2.75, 3.05) is 11.9 Å². The molecule has 16 heavy (non-hydrogen) atoms. The van der Waals surface area contributed by atoms with Gasteiger partial charge in [-0.05, 0) is 31.0 Å². The average molecular weight is 221 g/mol. The van der Waals surface area contributed by atoms with Gasteiger partial charge in [0.05, 0.1) is 6.61 Å². The van der Waals surface area contributed by atoms with E-state index in [0.29, 0.717) is 17.9 Å². The molecule has 1 rings (SSSR count). The van der Waals surface area contributed by atoms with E-state index < -0.39 is 6.09 Å². The van der Waals surface area contributed by atoms with E-state index in [4.69, 9.17) is 4.74 Å². The number of aldehydes is 1. The number of anilines is 1. The molecule has 1 aromatic rings. The van der Waals surface area contributed by atoms with Crippen LogP contribution in [0.4, 0.5) is 10.5 Å². The van der Waals surface area contributed by atoms with Gasteiger partial charge >= 0.3 is 6.09 Å². The average Bonchev–Trinajstić information content (AvgIpc) is 2.29. The monoisotopic (exact) mass is 221 g/mol. The molecule has 4 heteroatoms. The lowest BCUT2D eigenvalue weighted by molar-refractivity contribution is 0.112. The molecule has 0 spiro atoms. The molecule has 0 aliphatic carbocycles. The fraction of sp³-hybridized carbons (Fsp3) is 0.333. The fourth-order valence-electron chi connectivity index (χ4n) is 1.39. The summed E-state index contributed by atoms with van der Waals surface area (Å²) in [5, 5.41) is 2.55. The Hall–Kier alpha value is -1.84. The number of nitrogens with one attached hydrogen (secondary N) is 1. The quantitative estimate of drug-likeness (QED) is 0.795. The molecule has 0 saturated heterocycles. The van der Waals surface area contributed by atoms with E-state index in [2.05, 4.69) is 5.32 Å². The minimum absolute atomic E-state index is 0.319. The van der Waals surface area contributed by atoms with Gasteiger partial charge < -0.3 is 4.74 Å². The minimum atomic E-state index is -0.511. The number of carbonyl (C=O) groups is 2. The number of hydrogen-bond acceptors (Lipinski definition) is 3. The first-order valence-corrected chi connectivity index (χ1v) is 5.23. The third-order valence-corrected chi connectivity index (χ3v) is 2.18. The van der Waals surface area contributed by atoms with Gasteiger partial charge in [0.15, 0.2) is 0 Å². The molecule has 0 bridgehead atoms. The van der Waals surface area contributed by atoms with E-state index in [1.807, 2.05) is 13.0 Å². The third-order valence-electron chi connectivity index (χ3n) is 2.18. The molecule has 86 valence electrons. The molecule has 0 fully saturated rings. The van der Waals surface area contributed by atoms with Crippen molar-refractivity contribution in [3.63, 3.8) is 0 Å². The molecule has 1 aromatic carbocycles. The predicted octanol–water partition coefficient (Wildman–Crippen LogP) is 2.63. The van der Waals surface area contributed by atoms with Crippen LogP contribution in [0.1, 0.15) is 29.8 Å². The highest BCUT2D eigenvalue weighted by atomic mass is 16.5. The summed E-state index contributed by atoms with van der Waals surface area (Å²) in [6.07, 6.45) is 1.06. The topological polar surface area (TPSA) is 55.4 Å². The van der Waals surface area contributed by atoms with Crippen molar-refractivity contribution < 1.29 is 14.3 Å². The first-order chi connectivity index (χ1) is 7.71. The zero-order valence-electron chi connectivity index (χ0n) is 9.45. The standard InChI is InChI=1S/C12H15NO3/c1-3-9-5-6-11(7-10(9)8-14)13-12(15)16-4-2/h5-8H,3-4H2,1-2H3,(H,13,15). The second-order valence-corrected chi connectivity index (χ2v) is 3.23. The molecule has 1 amide bonds. The summed E-state index contributed by atoms with van der Waals surface area (Å²) in [6.45, 7) is 4.02. The molecule has 0 heterocycles. The Morgan fingerprint density at radius 1 is 1.44 bits per heavy atom. The van der Waals surface area contributed by atoms with E-state index in [1.54, 1.807) is 19.1 Å². The molecule has 1 N–H and O–H groups in total. The van der Waals surface area contributed by atoms with Gasteiger partial charge in [0, 0.05) is 11.3 Å². The van der Waals surface area contributed by atoms with E-state index in [9.17, 15) is 9.59 Å². The van der Waals surface area contributed by atoms with Crippen LogP contribution in [0, 0.1) is 0 Å². The van der Waals surface area contributed by atoms with Gasteiger partial charge in [0.1, 0.15) is 6.29 Å². The van der Waals surface area contributed by atoms with Gasteiger partial charge in [-0.25, -0.2) is 4.79 Å². The van der Waals surface area contributed by atoms with E-state index in [0.717, 1.165) is 18.3 Å². The summed E-state index contributed by atoms with van der Waals surface area (Å²) < 4.78 is 4.74. The largest absolute Gasteiger partial charge is 0.450 e. The minimum Gasteiger partial charge on any atom is -0.450 e. The number of hydrogen-bond donors (Lipinski definition) is 1. The molecular formula is C12H15NO3. The lowest BCUT2D eigenvalue weighted by atomic mass is 10.1. The normalized spacial score (nSPS) is 9.62. The van der Waals surface area contributed by atoms with Crippen molar-refractivity contribution in [2.24, 2.45) is 0 Å². The summed E-state index contributed by atoms with van der Waals surface area (Å²) in [5.41, 5.74) is 2.12. The van der Waals surface area contributed by atoms with Crippen molar-refractivity contribution in [2.45, 2.75) is 20.3 Å². The second kappa shape index (κ2) is 5.90. The number of amides is 1. The number of carbonyl (C=O) groups excluding carboxylic acids is 2. The van der Waals surface area contributed by atoms with Crippen LogP contribution in [0.15, 0.2) is 18.2 Å². The van der Waals surface area contributed by atoms with Crippen molar-refractivity contribution in [1.82, 2.24) is 0 Å². The summed E-state index contributed by atoms with van der Waals surface area (Å²) in [5.74, 6) is 0. The number of aryl methyl sites for hydroxylation is 1. The summed E-state index contributed by atoms with van der Waals surface area (Å²) in [4.78, 5) is 22.0. The van der Waals surface area contributed by atoms with Gasteiger partial charge in [0.2, 0.25) is 0 Å². The van der Waals surface area contributed by atoms with Crippen molar-refractivity contribution in [1.29, 1.82) is 0 Å². The van der Waals surface area contributed by atoms with E-state index in [1.165, 1.54) is 0 Å². The highest BCUT2D eigenvalue weighted by molar-refractivity contribution is 5.87. The SMILES string of the molecule is CCOC(=O)Nc1ccc(CC)c(C=O)c1. The maximum atomic E-state index is 11.1. The van der Waals surface area contributed by atoms with Gasteiger partial charge in [-0.1, -0.05) is 13.0 Å². The predicted molar refractivity (Wildman–Crippen MR) is 61.9 cm³/mol. The Labute approximate surface area is 94.6 Å². The molecule has 4 nitrogen and oxygen atoms in total. The van der Waals surface area contributed by atoms with Crippen molar-refractivity contribution in [3.05, 3.63) is 29.3 Å². The maximum Gasteiger partial charge on any atom is 0.411 e. The molecule has 0 aliphatic heterocycles. The zero-order chi connectivity index (χ0) is 12.0. The van der Waals surface area contributed by atoms with Gasteiger partial charge in [-0.3, -0.25) is 10.1 Å². The van der Waals surface area contributed by atoms with E-state index in [-0.39, 0.29) is 0 Å². The lowest BCUT2D eigenvalue weighted by Gasteiger charge is -2.07. The summed E-state index contributed by atoms with van der Waals surface area (Å²) in [7, 11) is 0. The Bertz CT molecular complexity index is 388. The van der Waals surface area contributed by atoms with Crippen LogP contribution in [0.25, 0.3) is 0 Å². The van der Waals surface area contributed by atoms with Crippen LogP contribution in [-0.4, -0.2) is 19.0 Å². The number of ether oxygens (including phenoxy) is 1. The van der Waals surface area contributed by atoms with Crippen LogP contribution >= 0.6 is 0 Å². The fourth-order valence-corrected chi connectivity index (χ4v) is 1.39. The molecule has 0 aliphatic rings.